The van der Waals surface area contributed by atoms with Gasteiger partial charge < -0.3 is 24.1 Å². The lowest BCUT2D eigenvalue weighted by Crippen LogP contribution is -2.41. The molecule has 0 atom stereocenters. The number of thiophene rings is 1. The number of nitrogens with one attached hydrogen (secondary N) is 1. The molecule has 0 spiro atoms. The number of morpholine rings is 1. The topological polar surface area (TPSA) is 97.9 Å². The third-order valence-electron chi connectivity index (χ3n) is 5.04. The van der Waals surface area contributed by atoms with Crippen LogP contribution in [0.5, 0.6) is 0 Å². The second kappa shape index (κ2) is 11.1. The molecule has 2 aromatic rings. The quantitative estimate of drug-likeness (QED) is 0.592. The monoisotopic (exact) mass is 448 g/mol. The summed E-state index contributed by atoms with van der Waals surface area (Å²) in [6.45, 7) is 5.76. The van der Waals surface area contributed by atoms with Crippen LogP contribution >= 0.6 is 11.3 Å². The molecule has 9 heteroatoms. The average molecular weight is 449 g/mol. The van der Waals surface area contributed by atoms with Crippen molar-refractivity contribution in [2.24, 2.45) is 0 Å². The third-order valence-corrected chi connectivity index (χ3v) is 5.78. The van der Waals surface area contributed by atoms with Gasteiger partial charge in [0.1, 0.15) is 5.69 Å². The van der Waals surface area contributed by atoms with Gasteiger partial charge in [0.2, 0.25) is 0 Å². The normalized spacial score (nSPS) is 13.8. The molecule has 1 saturated heterocycles. The number of hydrogen-bond donors (Lipinski definition) is 1. The van der Waals surface area contributed by atoms with Crippen LogP contribution in [0.15, 0.2) is 16.8 Å². The fourth-order valence-electron chi connectivity index (χ4n) is 3.60. The summed E-state index contributed by atoms with van der Waals surface area (Å²) in [5, 5.41) is 4.03. The maximum absolute atomic E-state index is 13.3. The van der Waals surface area contributed by atoms with Crippen LogP contribution in [-0.4, -0.2) is 67.2 Å². The van der Waals surface area contributed by atoms with Crippen LogP contribution in [0.1, 0.15) is 51.5 Å². The Kier molecular flexibility index (Phi) is 8.25. The molecular formula is C22H28N2O6S. The molecule has 1 amide bonds. The lowest BCUT2D eigenvalue weighted by atomic mass is 9.99. The van der Waals surface area contributed by atoms with Crippen molar-refractivity contribution in [2.75, 3.05) is 39.5 Å². The van der Waals surface area contributed by atoms with Crippen molar-refractivity contribution in [1.82, 2.24) is 9.88 Å². The van der Waals surface area contributed by atoms with Crippen LogP contribution in [0.3, 0.4) is 0 Å². The lowest BCUT2D eigenvalue weighted by Gasteiger charge is -2.26. The second-order valence-corrected chi connectivity index (χ2v) is 7.85. The van der Waals surface area contributed by atoms with Gasteiger partial charge in [0, 0.05) is 18.8 Å². The molecule has 2 aromatic heterocycles. The van der Waals surface area contributed by atoms with Gasteiger partial charge in [-0.1, -0.05) is 0 Å². The fourth-order valence-corrected chi connectivity index (χ4v) is 4.30. The smallest absolute Gasteiger partial charge is 0.340 e. The first-order chi connectivity index (χ1) is 15.0. The molecule has 1 aliphatic rings. The zero-order chi connectivity index (χ0) is 22.2. The van der Waals surface area contributed by atoms with Crippen molar-refractivity contribution < 1.29 is 28.6 Å². The molecule has 0 unspecified atom stereocenters. The molecule has 168 valence electrons. The molecule has 3 rings (SSSR count). The van der Waals surface area contributed by atoms with E-state index in [0.29, 0.717) is 56.1 Å². The average Bonchev–Trinajstić information content (AvgIpc) is 3.40. The number of carbonyl (C=O) groups excluding carboxylic acids is 3. The van der Waals surface area contributed by atoms with E-state index >= 15 is 0 Å². The van der Waals surface area contributed by atoms with Gasteiger partial charge in [-0.05, 0) is 54.6 Å². The molecule has 0 aromatic carbocycles. The Hall–Kier alpha value is -2.65. The Morgan fingerprint density at radius 2 is 1.87 bits per heavy atom. The van der Waals surface area contributed by atoms with Gasteiger partial charge in [0.15, 0.2) is 0 Å². The SMILES string of the molecule is CCOC(=O)Cc1[nH]c(C(=O)N2CCOCC2)c(CCc2ccsc2)c1C(=O)OCC. The van der Waals surface area contributed by atoms with E-state index in [4.69, 9.17) is 14.2 Å². The summed E-state index contributed by atoms with van der Waals surface area (Å²) >= 11 is 1.60. The molecule has 31 heavy (non-hydrogen) atoms. The van der Waals surface area contributed by atoms with E-state index in [0.717, 1.165) is 5.56 Å². The number of rotatable bonds is 9. The zero-order valence-corrected chi connectivity index (χ0v) is 18.7. The predicted molar refractivity (Wildman–Crippen MR) is 116 cm³/mol. The van der Waals surface area contributed by atoms with Crippen LogP contribution in [0.4, 0.5) is 0 Å². The number of aryl methyl sites for hydroxylation is 1. The highest BCUT2D eigenvalue weighted by Crippen LogP contribution is 2.26. The van der Waals surface area contributed by atoms with Crippen LogP contribution in [0, 0.1) is 0 Å². The number of carbonyl (C=O) groups is 3. The maximum Gasteiger partial charge on any atom is 0.340 e. The molecule has 0 aliphatic carbocycles. The molecule has 1 N–H and O–H groups in total. The summed E-state index contributed by atoms with van der Waals surface area (Å²) in [6, 6.07) is 2.02. The summed E-state index contributed by atoms with van der Waals surface area (Å²) in [5.74, 6) is -1.22. The van der Waals surface area contributed by atoms with Crippen LogP contribution in [0.2, 0.25) is 0 Å². The minimum Gasteiger partial charge on any atom is -0.466 e. The molecule has 8 nitrogen and oxygen atoms in total. The van der Waals surface area contributed by atoms with E-state index in [1.807, 2.05) is 16.8 Å². The highest BCUT2D eigenvalue weighted by Gasteiger charge is 2.31. The molecule has 3 heterocycles. The second-order valence-electron chi connectivity index (χ2n) is 7.07. The van der Waals surface area contributed by atoms with E-state index < -0.39 is 11.9 Å². The number of ether oxygens (including phenoxy) is 3. The van der Waals surface area contributed by atoms with Crippen molar-refractivity contribution in [3.63, 3.8) is 0 Å². The lowest BCUT2D eigenvalue weighted by molar-refractivity contribution is -0.142. The van der Waals surface area contributed by atoms with E-state index in [1.165, 1.54) is 0 Å². The Bertz CT molecular complexity index is 899. The van der Waals surface area contributed by atoms with Gasteiger partial charge in [-0.25, -0.2) is 4.79 Å². The summed E-state index contributed by atoms with van der Waals surface area (Å²) in [5.41, 5.74) is 2.66. The first-order valence-electron chi connectivity index (χ1n) is 10.5. The van der Waals surface area contributed by atoms with Crippen molar-refractivity contribution in [1.29, 1.82) is 0 Å². The van der Waals surface area contributed by atoms with Gasteiger partial charge in [0.05, 0.1) is 38.4 Å². The number of nitrogens with zero attached hydrogens (tertiary/aromatic N) is 1. The first-order valence-corrected chi connectivity index (χ1v) is 11.4. The molecule has 0 radical (unpaired) electrons. The zero-order valence-electron chi connectivity index (χ0n) is 17.9. The number of aromatic amines is 1. The van der Waals surface area contributed by atoms with Crippen LogP contribution in [0.25, 0.3) is 0 Å². The minimum atomic E-state index is -0.542. The van der Waals surface area contributed by atoms with Gasteiger partial charge in [-0.2, -0.15) is 11.3 Å². The van der Waals surface area contributed by atoms with Crippen molar-refractivity contribution in [3.05, 3.63) is 44.9 Å². The standard InChI is InChI=1S/C22H28N2O6S/c1-3-29-18(25)13-17-19(22(27)30-4-2)16(6-5-15-7-12-31-14-15)20(23-17)21(26)24-8-10-28-11-9-24/h7,12,14,23H,3-6,8-11,13H2,1-2H3. The maximum atomic E-state index is 13.3. The Labute approximate surface area is 185 Å². The number of esters is 2. The highest BCUT2D eigenvalue weighted by molar-refractivity contribution is 7.07. The predicted octanol–water partition coefficient (Wildman–Crippen LogP) is 2.62. The Morgan fingerprint density at radius 3 is 2.52 bits per heavy atom. The Balaban J connectivity index is 2.01. The van der Waals surface area contributed by atoms with E-state index in [9.17, 15) is 14.4 Å². The van der Waals surface area contributed by atoms with Crippen molar-refractivity contribution >= 4 is 29.2 Å². The van der Waals surface area contributed by atoms with E-state index in [1.54, 1.807) is 30.1 Å². The summed E-state index contributed by atoms with van der Waals surface area (Å²) in [4.78, 5) is 43.1. The van der Waals surface area contributed by atoms with E-state index in [2.05, 4.69) is 4.98 Å². The van der Waals surface area contributed by atoms with Crippen LogP contribution in [-0.2, 0) is 38.3 Å². The fraction of sp³-hybridized carbons (Fsp3) is 0.500. The molecule has 0 saturated carbocycles. The first kappa shape index (κ1) is 23.0. The van der Waals surface area contributed by atoms with Gasteiger partial charge in [0.25, 0.3) is 5.91 Å². The number of aromatic nitrogens is 1. The minimum absolute atomic E-state index is 0.135. The highest BCUT2D eigenvalue weighted by atomic mass is 32.1. The number of H-pyrrole nitrogens is 1. The molecule has 1 aliphatic heterocycles. The molecule has 1 fully saturated rings. The van der Waals surface area contributed by atoms with E-state index in [-0.39, 0.29) is 31.1 Å². The summed E-state index contributed by atoms with van der Waals surface area (Å²) in [7, 11) is 0. The van der Waals surface area contributed by atoms with Gasteiger partial charge in [-0.3, -0.25) is 9.59 Å². The summed E-state index contributed by atoms with van der Waals surface area (Å²) < 4.78 is 15.7. The largest absolute Gasteiger partial charge is 0.466 e. The van der Waals surface area contributed by atoms with Gasteiger partial charge in [-0.15, -0.1) is 0 Å². The Morgan fingerprint density at radius 1 is 1.13 bits per heavy atom. The molecule has 0 bridgehead atoms. The van der Waals surface area contributed by atoms with Crippen LogP contribution < -0.4 is 0 Å². The van der Waals surface area contributed by atoms with Crippen molar-refractivity contribution in [3.8, 4) is 0 Å². The number of amides is 1. The summed E-state index contributed by atoms with van der Waals surface area (Å²) in [6.07, 6.45) is 0.995. The van der Waals surface area contributed by atoms with Crippen molar-refractivity contribution in [2.45, 2.75) is 33.1 Å². The molecular weight excluding hydrogens is 420 g/mol. The third kappa shape index (κ3) is 5.74. The van der Waals surface area contributed by atoms with Gasteiger partial charge >= 0.3 is 11.9 Å². The number of hydrogen-bond acceptors (Lipinski definition) is 7.